The summed E-state index contributed by atoms with van der Waals surface area (Å²) in [5.74, 6) is 0. The highest BCUT2D eigenvalue weighted by atomic mass is 79.9. The van der Waals surface area contributed by atoms with Gasteiger partial charge in [0.1, 0.15) is 0 Å². The Morgan fingerprint density at radius 3 is 2.72 bits per heavy atom. The van der Waals surface area contributed by atoms with Gasteiger partial charge in [-0.1, -0.05) is 30.3 Å². The zero-order chi connectivity index (χ0) is 12.5. The standard InChI is InChI=1S/C14H12BrN3/c15-13-7-11(16)8-18-9-12(17-14(13)18)6-10-4-2-1-3-5-10/h1-5,7-9H,6,16H2. The second kappa shape index (κ2) is 4.46. The first-order valence-electron chi connectivity index (χ1n) is 5.69. The van der Waals surface area contributed by atoms with Crippen LogP contribution in [0.25, 0.3) is 5.65 Å². The number of nitrogens with zero attached hydrogens (tertiary/aromatic N) is 2. The van der Waals surface area contributed by atoms with Gasteiger partial charge in [0.05, 0.1) is 10.2 Å². The predicted molar refractivity (Wildman–Crippen MR) is 76.6 cm³/mol. The molecular weight excluding hydrogens is 290 g/mol. The molecule has 4 heteroatoms. The van der Waals surface area contributed by atoms with E-state index in [0.717, 1.165) is 27.9 Å². The van der Waals surface area contributed by atoms with E-state index < -0.39 is 0 Å². The minimum atomic E-state index is 0.720. The first-order chi connectivity index (χ1) is 8.72. The highest BCUT2D eigenvalue weighted by molar-refractivity contribution is 9.10. The van der Waals surface area contributed by atoms with Crippen LogP contribution in [0.2, 0.25) is 0 Å². The predicted octanol–water partition coefficient (Wildman–Crippen LogP) is 3.27. The molecule has 3 rings (SSSR count). The smallest absolute Gasteiger partial charge is 0.151 e. The Balaban J connectivity index is 2.01. The number of nitrogen functional groups attached to an aromatic ring is 1. The molecule has 90 valence electrons. The number of halogens is 1. The van der Waals surface area contributed by atoms with Gasteiger partial charge in [-0.25, -0.2) is 4.98 Å². The van der Waals surface area contributed by atoms with E-state index in [0.29, 0.717) is 0 Å². The maximum absolute atomic E-state index is 5.81. The average Bonchev–Trinajstić information content (AvgIpc) is 2.73. The van der Waals surface area contributed by atoms with Gasteiger partial charge >= 0.3 is 0 Å². The van der Waals surface area contributed by atoms with Crippen LogP contribution in [0.4, 0.5) is 5.69 Å². The Labute approximate surface area is 113 Å². The van der Waals surface area contributed by atoms with Crippen molar-refractivity contribution in [2.24, 2.45) is 0 Å². The normalized spacial score (nSPS) is 10.9. The third-order valence-electron chi connectivity index (χ3n) is 2.81. The van der Waals surface area contributed by atoms with E-state index in [1.165, 1.54) is 5.56 Å². The molecule has 0 unspecified atom stereocenters. The van der Waals surface area contributed by atoms with Crippen molar-refractivity contribution in [2.75, 3.05) is 5.73 Å². The maximum atomic E-state index is 5.81. The molecule has 0 spiro atoms. The lowest BCUT2D eigenvalue weighted by atomic mass is 10.1. The van der Waals surface area contributed by atoms with Crippen LogP contribution < -0.4 is 5.73 Å². The van der Waals surface area contributed by atoms with Crippen LogP contribution in [0.1, 0.15) is 11.3 Å². The summed E-state index contributed by atoms with van der Waals surface area (Å²) < 4.78 is 2.87. The van der Waals surface area contributed by atoms with E-state index in [1.807, 2.05) is 41.1 Å². The summed E-state index contributed by atoms with van der Waals surface area (Å²) >= 11 is 3.48. The lowest BCUT2D eigenvalue weighted by Crippen LogP contribution is -1.90. The number of rotatable bonds is 2. The van der Waals surface area contributed by atoms with Crippen molar-refractivity contribution >= 4 is 27.3 Å². The summed E-state index contributed by atoms with van der Waals surface area (Å²) in [6.07, 6.45) is 4.72. The number of hydrogen-bond donors (Lipinski definition) is 1. The van der Waals surface area contributed by atoms with Crippen molar-refractivity contribution in [2.45, 2.75) is 6.42 Å². The summed E-state index contributed by atoms with van der Waals surface area (Å²) in [5.41, 5.74) is 9.72. The second-order valence-electron chi connectivity index (χ2n) is 4.25. The van der Waals surface area contributed by atoms with Gasteiger partial charge in [0.2, 0.25) is 0 Å². The van der Waals surface area contributed by atoms with Gasteiger partial charge < -0.3 is 10.1 Å². The van der Waals surface area contributed by atoms with E-state index in [-0.39, 0.29) is 0 Å². The van der Waals surface area contributed by atoms with Gasteiger partial charge in [0.25, 0.3) is 0 Å². The third-order valence-corrected chi connectivity index (χ3v) is 3.39. The van der Waals surface area contributed by atoms with E-state index in [4.69, 9.17) is 5.73 Å². The van der Waals surface area contributed by atoms with Crippen LogP contribution in [0, 0.1) is 0 Å². The van der Waals surface area contributed by atoms with Crippen molar-refractivity contribution in [1.82, 2.24) is 9.38 Å². The van der Waals surface area contributed by atoms with Gasteiger partial charge in [-0.15, -0.1) is 0 Å². The minimum absolute atomic E-state index is 0.720. The molecule has 2 aromatic heterocycles. The van der Waals surface area contributed by atoms with Gasteiger partial charge in [0.15, 0.2) is 5.65 Å². The molecule has 0 bridgehead atoms. The van der Waals surface area contributed by atoms with Gasteiger partial charge in [-0.3, -0.25) is 0 Å². The van der Waals surface area contributed by atoms with Crippen molar-refractivity contribution in [3.63, 3.8) is 0 Å². The molecule has 0 fully saturated rings. The van der Waals surface area contributed by atoms with Crippen molar-refractivity contribution in [3.8, 4) is 0 Å². The molecule has 18 heavy (non-hydrogen) atoms. The fraction of sp³-hybridized carbons (Fsp3) is 0.0714. The second-order valence-corrected chi connectivity index (χ2v) is 5.10. The van der Waals surface area contributed by atoms with Crippen molar-refractivity contribution < 1.29 is 0 Å². The molecule has 0 atom stereocenters. The summed E-state index contributed by atoms with van der Waals surface area (Å²) in [5, 5.41) is 0. The number of anilines is 1. The molecule has 0 amide bonds. The molecule has 2 heterocycles. The number of nitrogens with two attached hydrogens (primary N) is 1. The van der Waals surface area contributed by atoms with Gasteiger partial charge in [-0.05, 0) is 27.6 Å². The van der Waals surface area contributed by atoms with Crippen LogP contribution in [-0.4, -0.2) is 9.38 Å². The first kappa shape index (κ1) is 11.3. The first-order valence-corrected chi connectivity index (χ1v) is 6.48. The quantitative estimate of drug-likeness (QED) is 0.789. The van der Waals surface area contributed by atoms with Crippen molar-refractivity contribution in [3.05, 3.63) is 64.5 Å². The zero-order valence-corrected chi connectivity index (χ0v) is 11.3. The molecule has 3 aromatic rings. The molecular formula is C14H12BrN3. The molecule has 0 aliphatic heterocycles. The number of fused-ring (bicyclic) bond motifs is 1. The summed E-state index contributed by atoms with van der Waals surface area (Å²) in [6, 6.07) is 12.2. The van der Waals surface area contributed by atoms with Crippen LogP contribution in [0.3, 0.4) is 0 Å². The molecule has 2 N–H and O–H groups in total. The molecule has 3 nitrogen and oxygen atoms in total. The van der Waals surface area contributed by atoms with Gasteiger partial charge in [-0.2, -0.15) is 0 Å². The van der Waals surface area contributed by atoms with Gasteiger partial charge in [0, 0.05) is 24.5 Å². The van der Waals surface area contributed by atoms with E-state index in [2.05, 4.69) is 33.0 Å². The number of hydrogen-bond acceptors (Lipinski definition) is 2. The lowest BCUT2D eigenvalue weighted by Gasteiger charge is -1.97. The molecule has 0 aliphatic carbocycles. The molecule has 0 aliphatic rings. The molecule has 0 saturated carbocycles. The largest absolute Gasteiger partial charge is 0.397 e. The highest BCUT2D eigenvalue weighted by Gasteiger charge is 2.06. The topological polar surface area (TPSA) is 43.3 Å². The Bertz CT molecular complexity index is 689. The summed E-state index contributed by atoms with van der Waals surface area (Å²) in [6.45, 7) is 0. The number of benzene rings is 1. The summed E-state index contributed by atoms with van der Waals surface area (Å²) in [7, 11) is 0. The van der Waals surface area contributed by atoms with E-state index in [1.54, 1.807) is 0 Å². The fourth-order valence-electron chi connectivity index (χ4n) is 2.02. The van der Waals surface area contributed by atoms with Crippen molar-refractivity contribution in [1.29, 1.82) is 0 Å². The Hall–Kier alpha value is -1.81. The highest BCUT2D eigenvalue weighted by Crippen LogP contribution is 2.21. The van der Waals surface area contributed by atoms with Crippen LogP contribution >= 0.6 is 15.9 Å². The van der Waals surface area contributed by atoms with Crippen LogP contribution in [-0.2, 0) is 6.42 Å². The van der Waals surface area contributed by atoms with E-state index >= 15 is 0 Å². The number of pyridine rings is 1. The minimum Gasteiger partial charge on any atom is -0.397 e. The van der Waals surface area contributed by atoms with E-state index in [9.17, 15) is 0 Å². The third kappa shape index (κ3) is 2.11. The molecule has 0 saturated heterocycles. The molecule has 1 aromatic carbocycles. The van der Waals surface area contributed by atoms with Crippen LogP contribution in [0.15, 0.2) is 53.3 Å². The molecule has 0 radical (unpaired) electrons. The monoisotopic (exact) mass is 301 g/mol. The fourth-order valence-corrected chi connectivity index (χ4v) is 2.58. The number of imidazole rings is 1. The maximum Gasteiger partial charge on any atom is 0.151 e. The van der Waals surface area contributed by atoms with Crippen LogP contribution in [0.5, 0.6) is 0 Å². The lowest BCUT2D eigenvalue weighted by molar-refractivity contribution is 1.11. The number of aromatic nitrogens is 2. The zero-order valence-electron chi connectivity index (χ0n) is 9.68. The summed E-state index contributed by atoms with van der Waals surface area (Å²) in [4.78, 5) is 4.61. The average molecular weight is 302 g/mol. The Morgan fingerprint density at radius 1 is 1.17 bits per heavy atom. The Morgan fingerprint density at radius 2 is 1.94 bits per heavy atom. The Kier molecular flexibility index (Phi) is 2.80. The SMILES string of the molecule is Nc1cc(Br)c2nc(Cc3ccccc3)cn2c1.